The minimum atomic E-state index is 0.0106. The fourth-order valence-electron chi connectivity index (χ4n) is 1.99. The van der Waals surface area contributed by atoms with Gasteiger partial charge in [0.25, 0.3) is 0 Å². The van der Waals surface area contributed by atoms with Crippen LogP contribution in [0, 0.1) is 17.2 Å². The zero-order valence-electron chi connectivity index (χ0n) is 8.33. The van der Waals surface area contributed by atoms with Crippen molar-refractivity contribution in [1.29, 1.82) is 5.26 Å². The van der Waals surface area contributed by atoms with Crippen LogP contribution in [0.25, 0.3) is 5.57 Å². The normalized spacial score (nSPS) is 16.4. The molecule has 0 aromatic heterocycles. The molecule has 0 heterocycles. The molecule has 1 atom stereocenters. The standard InChI is InChI=1S/C13H13N/c1-10(9-14)12-8-4-6-11-5-2-3-7-13(11)12/h2-3,5,7-8,10H,4,6H2,1H3/t10-/m1/s1. The van der Waals surface area contributed by atoms with Gasteiger partial charge in [0.2, 0.25) is 0 Å². The van der Waals surface area contributed by atoms with Gasteiger partial charge in [0, 0.05) is 0 Å². The summed E-state index contributed by atoms with van der Waals surface area (Å²) in [5.41, 5.74) is 3.86. The second kappa shape index (κ2) is 3.67. The number of benzene rings is 1. The number of nitriles is 1. The van der Waals surface area contributed by atoms with E-state index in [1.54, 1.807) is 0 Å². The molecule has 0 N–H and O–H groups in total. The Labute approximate surface area is 84.7 Å². The lowest BCUT2D eigenvalue weighted by Gasteiger charge is -2.18. The lowest BCUT2D eigenvalue weighted by atomic mass is 9.85. The molecule has 1 nitrogen and oxygen atoms in total. The van der Waals surface area contributed by atoms with E-state index >= 15 is 0 Å². The Bertz CT molecular complexity index is 409. The smallest absolute Gasteiger partial charge is 0.0701 e. The third-order valence-corrected chi connectivity index (χ3v) is 2.77. The van der Waals surface area contributed by atoms with Gasteiger partial charge >= 0.3 is 0 Å². The monoisotopic (exact) mass is 183 g/mol. The molecule has 0 bridgehead atoms. The van der Waals surface area contributed by atoms with Crippen LogP contribution in [-0.4, -0.2) is 0 Å². The number of hydrogen-bond donors (Lipinski definition) is 0. The molecular formula is C13H13N. The van der Waals surface area contributed by atoms with Crippen molar-refractivity contribution in [2.24, 2.45) is 5.92 Å². The number of nitrogens with zero attached hydrogens (tertiary/aromatic N) is 1. The van der Waals surface area contributed by atoms with Crippen molar-refractivity contribution in [3.63, 3.8) is 0 Å². The van der Waals surface area contributed by atoms with Gasteiger partial charge in [-0.25, -0.2) is 0 Å². The van der Waals surface area contributed by atoms with Gasteiger partial charge in [-0.05, 0) is 36.5 Å². The topological polar surface area (TPSA) is 23.8 Å². The Morgan fingerprint density at radius 2 is 2.14 bits per heavy atom. The largest absolute Gasteiger partial charge is 0.198 e. The van der Waals surface area contributed by atoms with Gasteiger partial charge in [-0.15, -0.1) is 0 Å². The van der Waals surface area contributed by atoms with Crippen LogP contribution in [0.1, 0.15) is 24.5 Å². The molecule has 14 heavy (non-hydrogen) atoms. The molecule has 0 saturated heterocycles. The molecule has 0 aliphatic heterocycles. The van der Waals surface area contributed by atoms with E-state index in [1.807, 2.05) is 13.0 Å². The average Bonchev–Trinajstić information content (AvgIpc) is 2.27. The molecule has 2 rings (SSSR count). The fourth-order valence-corrected chi connectivity index (χ4v) is 1.99. The minimum absolute atomic E-state index is 0.0106. The predicted molar refractivity (Wildman–Crippen MR) is 57.5 cm³/mol. The first-order chi connectivity index (χ1) is 6.83. The van der Waals surface area contributed by atoms with Crippen molar-refractivity contribution in [3.05, 3.63) is 41.5 Å². The Kier molecular flexibility index (Phi) is 2.37. The second-order valence-electron chi connectivity index (χ2n) is 3.71. The van der Waals surface area contributed by atoms with Crippen LogP contribution >= 0.6 is 0 Å². The summed E-state index contributed by atoms with van der Waals surface area (Å²) in [4.78, 5) is 0. The summed E-state index contributed by atoms with van der Waals surface area (Å²) in [5.74, 6) is 0.0106. The van der Waals surface area contributed by atoms with E-state index < -0.39 is 0 Å². The van der Waals surface area contributed by atoms with Crippen LogP contribution in [0.3, 0.4) is 0 Å². The van der Waals surface area contributed by atoms with Gasteiger partial charge in [0.1, 0.15) is 0 Å². The van der Waals surface area contributed by atoms with Gasteiger partial charge in [0.05, 0.1) is 12.0 Å². The van der Waals surface area contributed by atoms with Crippen molar-refractivity contribution in [2.75, 3.05) is 0 Å². The quantitative estimate of drug-likeness (QED) is 0.656. The molecule has 70 valence electrons. The fraction of sp³-hybridized carbons (Fsp3) is 0.308. The predicted octanol–water partition coefficient (Wildman–Crippen LogP) is 3.18. The molecule has 0 unspecified atom stereocenters. The summed E-state index contributed by atoms with van der Waals surface area (Å²) < 4.78 is 0. The van der Waals surface area contributed by atoms with Crippen LogP contribution in [0.2, 0.25) is 0 Å². The van der Waals surface area contributed by atoms with Crippen LogP contribution in [0.5, 0.6) is 0 Å². The molecule has 1 heteroatoms. The summed E-state index contributed by atoms with van der Waals surface area (Å²) in [6.07, 6.45) is 4.38. The van der Waals surface area contributed by atoms with Crippen molar-refractivity contribution in [1.82, 2.24) is 0 Å². The highest BCUT2D eigenvalue weighted by molar-refractivity contribution is 5.73. The van der Waals surface area contributed by atoms with Gasteiger partial charge in [0.15, 0.2) is 0 Å². The SMILES string of the molecule is C[C@H](C#N)C1=CCCc2ccccc21. The van der Waals surface area contributed by atoms with E-state index in [9.17, 15) is 0 Å². The van der Waals surface area contributed by atoms with Crippen molar-refractivity contribution in [3.8, 4) is 6.07 Å². The van der Waals surface area contributed by atoms with Crippen molar-refractivity contribution in [2.45, 2.75) is 19.8 Å². The van der Waals surface area contributed by atoms with Gasteiger partial charge in [-0.2, -0.15) is 5.26 Å². The summed E-state index contributed by atoms with van der Waals surface area (Å²) in [6.45, 7) is 1.97. The molecule has 0 fully saturated rings. The summed E-state index contributed by atoms with van der Waals surface area (Å²) in [5, 5.41) is 8.92. The lowest BCUT2D eigenvalue weighted by Crippen LogP contribution is -2.04. The lowest BCUT2D eigenvalue weighted by molar-refractivity contribution is 0.910. The highest BCUT2D eigenvalue weighted by Gasteiger charge is 2.16. The highest BCUT2D eigenvalue weighted by Crippen LogP contribution is 2.31. The van der Waals surface area contributed by atoms with Crippen LogP contribution in [0.4, 0.5) is 0 Å². The molecular weight excluding hydrogens is 170 g/mol. The third kappa shape index (κ3) is 1.44. The maximum atomic E-state index is 8.92. The second-order valence-corrected chi connectivity index (χ2v) is 3.71. The Morgan fingerprint density at radius 3 is 2.93 bits per heavy atom. The van der Waals surface area contributed by atoms with E-state index in [-0.39, 0.29) is 5.92 Å². The first-order valence-corrected chi connectivity index (χ1v) is 5.01. The summed E-state index contributed by atoms with van der Waals surface area (Å²) in [6, 6.07) is 10.7. The van der Waals surface area contributed by atoms with E-state index in [4.69, 9.17) is 5.26 Å². The molecule has 0 saturated carbocycles. The summed E-state index contributed by atoms with van der Waals surface area (Å²) >= 11 is 0. The number of rotatable bonds is 1. The van der Waals surface area contributed by atoms with Crippen LogP contribution in [-0.2, 0) is 6.42 Å². The van der Waals surface area contributed by atoms with E-state index in [1.165, 1.54) is 16.7 Å². The molecule has 0 radical (unpaired) electrons. The number of fused-ring (bicyclic) bond motifs is 1. The average molecular weight is 183 g/mol. The van der Waals surface area contributed by atoms with Crippen LogP contribution < -0.4 is 0 Å². The molecule has 1 aromatic carbocycles. The first kappa shape index (κ1) is 9.02. The Morgan fingerprint density at radius 1 is 1.36 bits per heavy atom. The van der Waals surface area contributed by atoms with Crippen LogP contribution in [0.15, 0.2) is 30.3 Å². The maximum absolute atomic E-state index is 8.92. The third-order valence-electron chi connectivity index (χ3n) is 2.77. The van der Waals surface area contributed by atoms with E-state index in [2.05, 4.69) is 30.3 Å². The molecule has 0 spiro atoms. The first-order valence-electron chi connectivity index (χ1n) is 5.01. The Hall–Kier alpha value is -1.55. The van der Waals surface area contributed by atoms with Gasteiger partial charge < -0.3 is 0 Å². The van der Waals surface area contributed by atoms with Crippen molar-refractivity contribution < 1.29 is 0 Å². The van der Waals surface area contributed by atoms with Crippen molar-refractivity contribution >= 4 is 5.57 Å². The zero-order valence-corrected chi connectivity index (χ0v) is 8.33. The summed E-state index contributed by atoms with van der Waals surface area (Å²) in [7, 11) is 0. The maximum Gasteiger partial charge on any atom is 0.0701 e. The van der Waals surface area contributed by atoms with E-state index in [0.29, 0.717) is 0 Å². The molecule has 0 amide bonds. The highest BCUT2D eigenvalue weighted by atomic mass is 14.3. The van der Waals surface area contributed by atoms with E-state index in [0.717, 1.165) is 12.8 Å². The molecule has 1 aliphatic carbocycles. The number of hydrogen-bond acceptors (Lipinski definition) is 1. The minimum Gasteiger partial charge on any atom is -0.198 e. The number of allylic oxidation sites excluding steroid dienone is 2. The number of aryl methyl sites for hydroxylation is 1. The zero-order chi connectivity index (χ0) is 9.97. The molecule has 1 aromatic rings. The van der Waals surface area contributed by atoms with Gasteiger partial charge in [-0.1, -0.05) is 30.3 Å². The Balaban J connectivity index is 2.46. The molecule has 1 aliphatic rings. The van der Waals surface area contributed by atoms with Gasteiger partial charge in [-0.3, -0.25) is 0 Å².